The van der Waals surface area contributed by atoms with Crippen LogP contribution in [0.3, 0.4) is 0 Å². The van der Waals surface area contributed by atoms with Gasteiger partial charge in [-0.3, -0.25) is 4.79 Å². The molecule has 3 heterocycles. The van der Waals surface area contributed by atoms with Crippen molar-refractivity contribution in [2.24, 2.45) is 0 Å². The highest BCUT2D eigenvalue weighted by atomic mass is 16.1. The summed E-state index contributed by atoms with van der Waals surface area (Å²) in [6.07, 6.45) is 6.91. The van der Waals surface area contributed by atoms with Crippen molar-refractivity contribution in [3.05, 3.63) is 23.4 Å². The van der Waals surface area contributed by atoms with Crippen LogP contribution >= 0.6 is 0 Å². The Labute approximate surface area is 120 Å². The molecule has 2 saturated heterocycles. The number of hydrogen-bond donors (Lipinski definition) is 0. The normalized spacial score (nSPS) is 23.1. The Morgan fingerprint density at radius 1 is 1.15 bits per heavy atom. The number of pyridine rings is 1. The van der Waals surface area contributed by atoms with Gasteiger partial charge in [0, 0.05) is 25.3 Å². The van der Waals surface area contributed by atoms with Gasteiger partial charge >= 0.3 is 0 Å². The molecule has 20 heavy (non-hydrogen) atoms. The standard InChI is InChI=1S/C16H23N3O/c1-13-14(15-6-2-3-11-19(15)12-20)7-8-16(17-13)18-9-4-5-10-18/h7-8,12,15H,2-6,9-11H2,1H3. The highest BCUT2D eigenvalue weighted by Crippen LogP contribution is 2.32. The van der Waals surface area contributed by atoms with E-state index < -0.39 is 0 Å². The van der Waals surface area contributed by atoms with E-state index in [1.165, 1.54) is 24.8 Å². The van der Waals surface area contributed by atoms with Crippen molar-refractivity contribution in [3.63, 3.8) is 0 Å². The average molecular weight is 273 g/mol. The van der Waals surface area contributed by atoms with Crippen LogP contribution in [-0.2, 0) is 4.79 Å². The molecule has 2 aliphatic heterocycles. The molecule has 0 aliphatic carbocycles. The second-order valence-corrected chi connectivity index (χ2v) is 5.89. The Hall–Kier alpha value is -1.58. The number of aromatic nitrogens is 1. The molecule has 1 aromatic rings. The van der Waals surface area contributed by atoms with Crippen molar-refractivity contribution in [1.29, 1.82) is 0 Å². The summed E-state index contributed by atoms with van der Waals surface area (Å²) in [5, 5.41) is 0. The highest BCUT2D eigenvalue weighted by molar-refractivity contribution is 5.50. The van der Waals surface area contributed by atoms with Gasteiger partial charge in [0.15, 0.2) is 0 Å². The molecule has 4 heteroatoms. The van der Waals surface area contributed by atoms with Crippen molar-refractivity contribution < 1.29 is 4.79 Å². The van der Waals surface area contributed by atoms with Gasteiger partial charge in [-0.2, -0.15) is 0 Å². The van der Waals surface area contributed by atoms with Crippen LogP contribution in [0.25, 0.3) is 0 Å². The summed E-state index contributed by atoms with van der Waals surface area (Å²) in [6, 6.07) is 4.54. The Kier molecular flexibility index (Phi) is 3.90. The highest BCUT2D eigenvalue weighted by Gasteiger charge is 2.25. The smallest absolute Gasteiger partial charge is 0.210 e. The van der Waals surface area contributed by atoms with E-state index in [1.54, 1.807) is 0 Å². The summed E-state index contributed by atoms with van der Waals surface area (Å²) in [6.45, 7) is 5.19. The van der Waals surface area contributed by atoms with Gasteiger partial charge in [0.2, 0.25) is 6.41 Å². The first-order chi connectivity index (χ1) is 9.79. The molecule has 2 fully saturated rings. The van der Waals surface area contributed by atoms with Crippen LogP contribution in [0.2, 0.25) is 0 Å². The summed E-state index contributed by atoms with van der Waals surface area (Å²) < 4.78 is 0. The van der Waals surface area contributed by atoms with Gasteiger partial charge in [-0.05, 0) is 50.7 Å². The number of likely N-dealkylation sites (tertiary alicyclic amines) is 1. The second-order valence-electron chi connectivity index (χ2n) is 5.89. The summed E-state index contributed by atoms with van der Waals surface area (Å²) >= 11 is 0. The molecule has 108 valence electrons. The van der Waals surface area contributed by atoms with Crippen LogP contribution in [-0.4, -0.2) is 35.9 Å². The van der Waals surface area contributed by atoms with E-state index in [9.17, 15) is 4.79 Å². The van der Waals surface area contributed by atoms with E-state index in [1.807, 2.05) is 4.90 Å². The maximum Gasteiger partial charge on any atom is 0.210 e. The minimum atomic E-state index is 0.223. The average Bonchev–Trinajstić information content (AvgIpc) is 3.01. The summed E-state index contributed by atoms with van der Waals surface area (Å²) in [4.78, 5) is 20.3. The molecule has 2 aliphatic rings. The minimum Gasteiger partial charge on any atom is -0.357 e. The fourth-order valence-corrected chi connectivity index (χ4v) is 3.45. The minimum absolute atomic E-state index is 0.223. The molecule has 1 aromatic heterocycles. The van der Waals surface area contributed by atoms with Crippen molar-refractivity contribution in [2.45, 2.75) is 45.1 Å². The molecule has 0 spiro atoms. The van der Waals surface area contributed by atoms with Gasteiger partial charge in [-0.1, -0.05) is 6.07 Å². The number of carbonyl (C=O) groups excluding carboxylic acids is 1. The van der Waals surface area contributed by atoms with Crippen LogP contribution in [0.5, 0.6) is 0 Å². The van der Waals surface area contributed by atoms with E-state index in [0.29, 0.717) is 0 Å². The first-order valence-corrected chi connectivity index (χ1v) is 7.73. The SMILES string of the molecule is Cc1nc(N2CCCC2)ccc1C1CCCCN1C=O. The number of amides is 1. The van der Waals surface area contributed by atoms with E-state index >= 15 is 0 Å². The molecule has 1 unspecified atom stereocenters. The summed E-state index contributed by atoms with van der Waals surface area (Å²) in [7, 11) is 0. The Bertz CT molecular complexity index is 483. The zero-order valence-corrected chi connectivity index (χ0v) is 12.2. The lowest BCUT2D eigenvalue weighted by Gasteiger charge is -2.33. The lowest BCUT2D eigenvalue weighted by Crippen LogP contribution is -2.32. The first-order valence-electron chi connectivity index (χ1n) is 7.73. The third kappa shape index (κ3) is 2.51. The molecule has 0 N–H and O–H groups in total. The number of piperidine rings is 1. The van der Waals surface area contributed by atoms with Gasteiger partial charge in [-0.25, -0.2) is 4.98 Å². The van der Waals surface area contributed by atoms with E-state index in [-0.39, 0.29) is 6.04 Å². The lowest BCUT2D eigenvalue weighted by molar-refractivity contribution is -0.121. The number of nitrogens with zero attached hydrogens (tertiary/aromatic N) is 3. The lowest BCUT2D eigenvalue weighted by atomic mass is 9.95. The van der Waals surface area contributed by atoms with Crippen molar-refractivity contribution >= 4 is 12.2 Å². The molecule has 1 amide bonds. The molecular weight excluding hydrogens is 250 g/mol. The number of hydrogen-bond acceptors (Lipinski definition) is 3. The topological polar surface area (TPSA) is 36.4 Å². The Morgan fingerprint density at radius 2 is 1.90 bits per heavy atom. The number of anilines is 1. The van der Waals surface area contributed by atoms with E-state index in [0.717, 1.165) is 50.4 Å². The zero-order valence-electron chi connectivity index (χ0n) is 12.2. The molecular formula is C16H23N3O. The second kappa shape index (κ2) is 5.81. The van der Waals surface area contributed by atoms with Crippen molar-refractivity contribution in [3.8, 4) is 0 Å². The molecule has 1 atom stereocenters. The molecule has 3 rings (SSSR count). The van der Waals surface area contributed by atoms with Crippen LogP contribution < -0.4 is 4.90 Å². The fourth-order valence-electron chi connectivity index (χ4n) is 3.45. The Balaban J connectivity index is 1.84. The summed E-state index contributed by atoms with van der Waals surface area (Å²) in [5.41, 5.74) is 2.30. The van der Waals surface area contributed by atoms with Gasteiger partial charge in [0.25, 0.3) is 0 Å². The fraction of sp³-hybridized carbons (Fsp3) is 0.625. The largest absolute Gasteiger partial charge is 0.357 e. The number of rotatable bonds is 3. The van der Waals surface area contributed by atoms with Gasteiger partial charge in [0.05, 0.1) is 6.04 Å². The van der Waals surface area contributed by atoms with Gasteiger partial charge < -0.3 is 9.80 Å². The van der Waals surface area contributed by atoms with E-state index in [4.69, 9.17) is 4.98 Å². The van der Waals surface area contributed by atoms with Crippen molar-refractivity contribution in [1.82, 2.24) is 9.88 Å². The molecule has 0 saturated carbocycles. The number of aryl methyl sites for hydroxylation is 1. The van der Waals surface area contributed by atoms with Crippen molar-refractivity contribution in [2.75, 3.05) is 24.5 Å². The van der Waals surface area contributed by atoms with E-state index in [2.05, 4.69) is 24.0 Å². The van der Waals surface area contributed by atoms with Gasteiger partial charge in [-0.15, -0.1) is 0 Å². The maximum atomic E-state index is 11.2. The molecule has 4 nitrogen and oxygen atoms in total. The Morgan fingerprint density at radius 3 is 2.60 bits per heavy atom. The molecule has 0 radical (unpaired) electrons. The monoisotopic (exact) mass is 273 g/mol. The third-order valence-electron chi connectivity index (χ3n) is 4.58. The van der Waals surface area contributed by atoms with Gasteiger partial charge in [0.1, 0.15) is 5.82 Å². The number of carbonyl (C=O) groups is 1. The molecule has 0 bridgehead atoms. The van der Waals surface area contributed by atoms with Crippen LogP contribution in [0, 0.1) is 6.92 Å². The first kappa shape index (κ1) is 13.4. The third-order valence-corrected chi connectivity index (χ3v) is 4.58. The van der Waals surface area contributed by atoms with Crippen LogP contribution in [0.15, 0.2) is 12.1 Å². The van der Waals surface area contributed by atoms with Crippen LogP contribution in [0.4, 0.5) is 5.82 Å². The van der Waals surface area contributed by atoms with Crippen LogP contribution in [0.1, 0.15) is 49.4 Å². The quantitative estimate of drug-likeness (QED) is 0.794. The predicted molar refractivity (Wildman–Crippen MR) is 79.8 cm³/mol. The zero-order chi connectivity index (χ0) is 13.9. The predicted octanol–water partition coefficient (Wildman–Crippen LogP) is 2.67. The molecule has 0 aromatic carbocycles. The summed E-state index contributed by atoms with van der Waals surface area (Å²) in [5.74, 6) is 1.09. The maximum absolute atomic E-state index is 11.2.